The van der Waals surface area contributed by atoms with E-state index in [1.807, 2.05) is 24.3 Å². The number of halogens is 1. The highest BCUT2D eigenvalue weighted by Gasteiger charge is 2.08. The minimum Gasteiger partial charge on any atom is -0.273 e. The molecule has 1 aromatic carbocycles. The third-order valence-electron chi connectivity index (χ3n) is 2.45. The van der Waals surface area contributed by atoms with Gasteiger partial charge in [0.2, 0.25) is 5.91 Å². The van der Waals surface area contributed by atoms with Crippen molar-refractivity contribution in [2.24, 2.45) is 5.10 Å². The first-order valence-electron chi connectivity index (χ1n) is 5.85. The third-order valence-corrected chi connectivity index (χ3v) is 3.95. The van der Waals surface area contributed by atoms with Gasteiger partial charge in [0.25, 0.3) is 0 Å². The monoisotopic (exact) mass is 367 g/mol. The SMILES string of the molecule is O=C(Cc1ccc(Br)cc1)N/N=C\c1ccc([N+](=O)[O-])s1. The first-order valence-corrected chi connectivity index (χ1v) is 7.46. The smallest absolute Gasteiger partial charge is 0.273 e. The normalized spacial score (nSPS) is 10.7. The minimum atomic E-state index is -0.464. The van der Waals surface area contributed by atoms with E-state index in [1.165, 1.54) is 12.3 Å². The summed E-state index contributed by atoms with van der Waals surface area (Å²) in [6, 6.07) is 10.4. The predicted molar refractivity (Wildman–Crippen MR) is 84.6 cm³/mol. The second kappa shape index (κ2) is 7.09. The van der Waals surface area contributed by atoms with Crippen LogP contribution in [0.15, 0.2) is 46.0 Å². The Kier molecular flexibility index (Phi) is 5.18. The van der Waals surface area contributed by atoms with Crippen molar-refractivity contribution in [3.63, 3.8) is 0 Å². The van der Waals surface area contributed by atoms with Gasteiger partial charge in [-0.05, 0) is 23.8 Å². The van der Waals surface area contributed by atoms with Crippen LogP contribution in [0.5, 0.6) is 0 Å². The number of nitrogens with zero attached hydrogens (tertiary/aromatic N) is 2. The number of carbonyl (C=O) groups excluding carboxylic acids is 1. The molecule has 108 valence electrons. The highest BCUT2D eigenvalue weighted by molar-refractivity contribution is 9.10. The Labute approximate surface area is 132 Å². The third kappa shape index (κ3) is 4.76. The summed E-state index contributed by atoms with van der Waals surface area (Å²) < 4.78 is 0.948. The number of nitro groups is 1. The van der Waals surface area contributed by atoms with Gasteiger partial charge in [-0.25, -0.2) is 5.43 Å². The van der Waals surface area contributed by atoms with Crippen molar-refractivity contribution in [2.75, 3.05) is 0 Å². The standard InChI is InChI=1S/C13H10BrN3O3S/c14-10-3-1-9(2-4-10)7-12(18)16-15-8-11-5-6-13(21-11)17(19)20/h1-6,8H,7H2,(H,16,18)/b15-8-. The van der Waals surface area contributed by atoms with E-state index in [4.69, 9.17) is 0 Å². The second-order valence-corrected chi connectivity index (χ2v) is 6.04. The number of amides is 1. The molecule has 0 radical (unpaired) electrons. The second-order valence-electron chi connectivity index (χ2n) is 4.03. The predicted octanol–water partition coefficient (Wildman–Crippen LogP) is 3.11. The molecule has 8 heteroatoms. The highest BCUT2D eigenvalue weighted by Crippen LogP contribution is 2.22. The van der Waals surface area contributed by atoms with E-state index in [9.17, 15) is 14.9 Å². The lowest BCUT2D eigenvalue weighted by Crippen LogP contribution is -2.19. The molecule has 0 aliphatic carbocycles. The van der Waals surface area contributed by atoms with Gasteiger partial charge in [0.15, 0.2) is 0 Å². The molecule has 1 heterocycles. The summed E-state index contributed by atoms with van der Waals surface area (Å²) in [5.74, 6) is -0.250. The maximum absolute atomic E-state index is 11.7. The van der Waals surface area contributed by atoms with E-state index in [-0.39, 0.29) is 17.3 Å². The van der Waals surface area contributed by atoms with Crippen LogP contribution in [0.4, 0.5) is 5.00 Å². The number of hydrazone groups is 1. The fraction of sp³-hybridized carbons (Fsp3) is 0.0769. The van der Waals surface area contributed by atoms with Crippen LogP contribution < -0.4 is 5.43 Å². The quantitative estimate of drug-likeness (QED) is 0.500. The zero-order chi connectivity index (χ0) is 15.2. The fourth-order valence-electron chi connectivity index (χ4n) is 1.50. The summed E-state index contributed by atoms with van der Waals surface area (Å²) in [5, 5.41) is 14.3. The summed E-state index contributed by atoms with van der Waals surface area (Å²) in [7, 11) is 0. The average Bonchev–Trinajstić information content (AvgIpc) is 2.90. The number of rotatable bonds is 5. The van der Waals surface area contributed by atoms with Crippen LogP contribution in [0.3, 0.4) is 0 Å². The molecule has 21 heavy (non-hydrogen) atoms. The molecule has 1 aromatic heterocycles. The zero-order valence-corrected chi connectivity index (χ0v) is 13.1. The molecular formula is C13H10BrN3O3S. The van der Waals surface area contributed by atoms with Crippen LogP contribution in [-0.4, -0.2) is 17.0 Å². The molecule has 2 aromatic rings. The van der Waals surface area contributed by atoms with Gasteiger partial charge in [-0.2, -0.15) is 5.10 Å². The lowest BCUT2D eigenvalue weighted by atomic mass is 10.1. The van der Waals surface area contributed by atoms with Gasteiger partial charge < -0.3 is 0 Å². The van der Waals surface area contributed by atoms with Crippen molar-refractivity contribution in [1.82, 2.24) is 5.43 Å². The van der Waals surface area contributed by atoms with E-state index in [2.05, 4.69) is 26.5 Å². The molecule has 0 saturated carbocycles. The first-order chi connectivity index (χ1) is 10.0. The molecule has 0 atom stereocenters. The number of benzene rings is 1. The molecule has 1 amide bonds. The molecule has 0 aliphatic heterocycles. The van der Waals surface area contributed by atoms with E-state index in [1.54, 1.807) is 6.07 Å². The van der Waals surface area contributed by atoms with Crippen molar-refractivity contribution in [2.45, 2.75) is 6.42 Å². The van der Waals surface area contributed by atoms with Crippen LogP contribution in [0.2, 0.25) is 0 Å². The van der Waals surface area contributed by atoms with Gasteiger partial charge in [-0.1, -0.05) is 39.4 Å². The average molecular weight is 368 g/mol. The van der Waals surface area contributed by atoms with Crippen molar-refractivity contribution >= 4 is 44.4 Å². The zero-order valence-electron chi connectivity index (χ0n) is 10.7. The lowest BCUT2D eigenvalue weighted by molar-refractivity contribution is -0.380. The van der Waals surface area contributed by atoms with Gasteiger partial charge in [0.05, 0.1) is 22.4 Å². The van der Waals surface area contributed by atoms with Gasteiger partial charge in [0, 0.05) is 10.5 Å². The van der Waals surface area contributed by atoms with E-state index >= 15 is 0 Å². The molecule has 0 bridgehead atoms. The van der Waals surface area contributed by atoms with Gasteiger partial charge in [-0.3, -0.25) is 14.9 Å². The number of hydrogen-bond donors (Lipinski definition) is 1. The highest BCUT2D eigenvalue weighted by atomic mass is 79.9. The van der Waals surface area contributed by atoms with Crippen molar-refractivity contribution < 1.29 is 9.72 Å². The minimum absolute atomic E-state index is 0.0395. The topological polar surface area (TPSA) is 84.6 Å². The fourth-order valence-corrected chi connectivity index (χ4v) is 2.46. The largest absolute Gasteiger partial charge is 0.324 e. The molecule has 1 N–H and O–H groups in total. The van der Waals surface area contributed by atoms with E-state index < -0.39 is 4.92 Å². The maximum Gasteiger partial charge on any atom is 0.324 e. The van der Waals surface area contributed by atoms with E-state index in [0.29, 0.717) is 4.88 Å². The Balaban J connectivity index is 1.86. The Hall–Kier alpha value is -2.06. The van der Waals surface area contributed by atoms with Crippen LogP contribution >= 0.6 is 27.3 Å². The Bertz CT molecular complexity index is 682. The summed E-state index contributed by atoms with van der Waals surface area (Å²) in [5.41, 5.74) is 3.26. The Morgan fingerprint density at radius 1 is 1.33 bits per heavy atom. The summed E-state index contributed by atoms with van der Waals surface area (Å²) in [4.78, 5) is 22.3. The maximum atomic E-state index is 11.7. The Morgan fingerprint density at radius 2 is 2.05 bits per heavy atom. The van der Waals surface area contributed by atoms with Gasteiger partial charge >= 0.3 is 5.00 Å². The number of carbonyl (C=O) groups is 1. The molecule has 0 unspecified atom stereocenters. The lowest BCUT2D eigenvalue weighted by Gasteiger charge is -2.00. The molecule has 0 fully saturated rings. The van der Waals surface area contributed by atoms with E-state index in [0.717, 1.165) is 21.4 Å². The molecule has 6 nitrogen and oxygen atoms in total. The molecule has 0 saturated heterocycles. The summed E-state index contributed by atoms with van der Waals surface area (Å²) >= 11 is 4.31. The van der Waals surface area contributed by atoms with Gasteiger partial charge in [-0.15, -0.1) is 0 Å². The first kappa shape index (κ1) is 15.3. The van der Waals surface area contributed by atoms with Crippen LogP contribution in [0.25, 0.3) is 0 Å². The Morgan fingerprint density at radius 3 is 2.67 bits per heavy atom. The molecule has 0 spiro atoms. The van der Waals surface area contributed by atoms with Crippen LogP contribution in [-0.2, 0) is 11.2 Å². The number of nitrogens with one attached hydrogen (secondary N) is 1. The van der Waals surface area contributed by atoms with Crippen LogP contribution in [0.1, 0.15) is 10.4 Å². The van der Waals surface area contributed by atoms with Crippen molar-refractivity contribution in [3.05, 3.63) is 61.4 Å². The number of hydrogen-bond acceptors (Lipinski definition) is 5. The summed E-state index contributed by atoms with van der Waals surface area (Å²) in [6.07, 6.45) is 1.60. The molecule has 0 aliphatic rings. The van der Waals surface area contributed by atoms with Gasteiger partial charge in [0.1, 0.15) is 0 Å². The number of thiophene rings is 1. The molecular weight excluding hydrogens is 358 g/mol. The van der Waals surface area contributed by atoms with Crippen molar-refractivity contribution in [3.8, 4) is 0 Å². The molecule has 2 rings (SSSR count). The van der Waals surface area contributed by atoms with Crippen LogP contribution in [0, 0.1) is 10.1 Å². The summed E-state index contributed by atoms with van der Waals surface area (Å²) in [6.45, 7) is 0. The van der Waals surface area contributed by atoms with Crippen molar-refractivity contribution in [1.29, 1.82) is 0 Å².